The molecule has 0 spiro atoms. The Balaban J connectivity index is 1.97. The molecule has 0 saturated carbocycles. The van der Waals surface area contributed by atoms with Gasteiger partial charge in [-0.15, -0.1) is 11.3 Å². The predicted molar refractivity (Wildman–Crippen MR) is 60.3 cm³/mol. The zero-order valence-electron chi connectivity index (χ0n) is 9.51. The number of thiazole rings is 1. The number of aryl methyl sites for hydroxylation is 1. The van der Waals surface area contributed by atoms with Gasteiger partial charge < -0.3 is 10.1 Å². The molecule has 0 aliphatic carbocycles. The van der Waals surface area contributed by atoms with E-state index in [4.69, 9.17) is 0 Å². The van der Waals surface area contributed by atoms with Crippen LogP contribution in [0.25, 0.3) is 0 Å². The monoisotopic (exact) mass is 268 g/mol. The number of nitrogens with one attached hydrogen (secondary N) is 1. The summed E-state index contributed by atoms with van der Waals surface area (Å²) in [6.07, 6.45) is -3.39. The van der Waals surface area contributed by atoms with E-state index in [9.17, 15) is 13.2 Å². The summed E-state index contributed by atoms with van der Waals surface area (Å²) in [6.45, 7) is 1.98. The molecule has 1 rings (SSSR count). The number of hydrogen-bond acceptors (Lipinski definition) is 4. The van der Waals surface area contributed by atoms with E-state index in [1.165, 1.54) is 4.88 Å². The Bertz CT molecular complexity index is 328. The maximum Gasteiger partial charge on any atom is 0.411 e. The van der Waals surface area contributed by atoms with Gasteiger partial charge in [-0.1, -0.05) is 0 Å². The first-order chi connectivity index (χ1) is 7.99. The quantitative estimate of drug-likeness (QED) is 0.770. The Morgan fingerprint density at radius 2 is 2.18 bits per heavy atom. The number of aromatic nitrogens is 1. The summed E-state index contributed by atoms with van der Waals surface area (Å²) in [5, 5.41) is 3.02. The van der Waals surface area contributed by atoms with Crippen molar-refractivity contribution < 1.29 is 17.9 Å². The number of hydrogen-bond donors (Lipinski definition) is 1. The predicted octanol–water partition coefficient (Wildman–Crippen LogP) is 2.16. The maximum atomic E-state index is 11.7. The first-order valence-corrected chi connectivity index (χ1v) is 6.11. The Hall–Kier alpha value is -0.660. The van der Waals surface area contributed by atoms with Crippen molar-refractivity contribution in [1.29, 1.82) is 0 Å². The molecule has 0 saturated heterocycles. The van der Waals surface area contributed by atoms with Crippen molar-refractivity contribution in [1.82, 2.24) is 10.3 Å². The van der Waals surface area contributed by atoms with Gasteiger partial charge in [0.2, 0.25) is 0 Å². The van der Waals surface area contributed by atoms with E-state index in [0.717, 1.165) is 18.7 Å². The van der Waals surface area contributed by atoms with Crippen molar-refractivity contribution >= 4 is 11.3 Å². The van der Waals surface area contributed by atoms with Crippen LogP contribution in [-0.2, 0) is 11.2 Å². The first kappa shape index (κ1) is 14.4. The van der Waals surface area contributed by atoms with Crippen molar-refractivity contribution in [2.45, 2.75) is 19.5 Å². The molecule has 3 nitrogen and oxygen atoms in total. The van der Waals surface area contributed by atoms with Gasteiger partial charge >= 0.3 is 6.18 Å². The second-order valence-corrected chi connectivity index (χ2v) is 4.47. The van der Waals surface area contributed by atoms with E-state index in [1.807, 2.05) is 6.92 Å². The summed E-state index contributed by atoms with van der Waals surface area (Å²) >= 11 is 1.59. The lowest BCUT2D eigenvalue weighted by atomic mass is 10.3. The van der Waals surface area contributed by atoms with Gasteiger partial charge in [0.15, 0.2) is 0 Å². The van der Waals surface area contributed by atoms with Crippen molar-refractivity contribution in [3.05, 3.63) is 16.1 Å². The lowest BCUT2D eigenvalue weighted by Gasteiger charge is -2.08. The molecule has 0 fully saturated rings. The number of ether oxygens (including phenoxy) is 1. The number of halogens is 3. The van der Waals surface area contributed by atoms with Gasteiger partial charge in [-0.2, -0.15) is 13.2 Å². The van der Waals surface area contributed by atoms with E-state index < -0.39 is 12.8 Å². The summed E-state index contributed by atoms with van der Waals surface area (Å²) in [7, 11) is 0. The Morgan fingerprint density at radius 1 is 1.41 bits per heavy atom. The van der Waals surface area contributed by atoms with Gasteiger partial charge in [0.25, 0.3) is 0 Å². The molecule has 1 heterocycles. The highest BCUT2D eigenvalue weighted by Crippen LogP contribution is 2.14. The normalized spacial score (nSPS) is 12.0. The highest BCUT2D eigenvalue weighted by Gasteiger charge is 2.27. The van der Waals surface area contributed by atoms with E-state index in [1.54, 1.807) is 16.8 Å². The van der Waals surface area contributed by atoms with E-state index >= 15 is 0 Å². The molecule has 1 aromatic heterocycles. The van der Waals surface area contributed by atoms with E-state index in [2.05, 4.69) is 15.0 Å². The van der Waals surface area contributed by atoms with Crippen LogP contribution >= 0.6 is 11.3 Å². The van der Waals surface area contributed by atoms with Gasteiger partial charge in [0.05, 0.1) is 17.8 Å². The minimum Gasteiger partial charge on any atom is -0.371 e. The zero-order chi connectivity index (χ0) is 12.7. The molecular formula is C10H15F3N2OS. The Morgan fingerprint density at radius 3 is 2.76 bits per heavy atom. The summed E-state index contributed by atoms with van der Waals surface area (Å²) in [4.78, 5) is 5.32. The Kier molecular flexibility index (Phi) is 5.87. The third-order valence-electron chi connectivity index (χ3n) is 2.06. The fourth-order valence-corrected chi connectivity index (χ4v) is 2.01. The molecular weight excluding hydrogens is 253 g/mol. The van der Waals surface area contributed by atoms with E-state index in [-0.39, 0.29) is 6.61 Å². The third kappa shape index (κ3) is 6.60. The fourth-order valence-electron chi connectivity index (χ4n) is 1.23. The molecule has 0 aromatic carbocycles. The van der Waals surface area contributed by atoms with Crippen molar-refractivity contribution in [2.75, 3.05) is 26.3 Å². The van der Waals surface area contributed by atoms with Crippen LogP contribution in [0.1, 0.15) is 10.6 Å². The van der Waals surface area contributed by atoms with Crippen LogP contribution in [0, 0.1) is 6.92 Å². The van der Waals surface area contributed by atoms with Gasteiger partial charge in [-0.25, -0.2) is 4.98 Å². The van der Waals surface area contributed by atoms with Gasteiger partial charge in [0.1, 0.15) is 6.61 Å². The third-order valence-corrected chi connectivity index (χ3v) is 3.06. The van der Waals surface area contributed by atoms with E-state index in [0.29, 0.717) is 6.54 Å². The summed E-state index contributed by atoms with van der Waals surface area (Å²) in [5.41, 5.74) is 2.81. The molecule has 0 bridgehead atoms. The summed E-state index contributed by atoms with van der Waals surface area (Å²) in [5.74, 6) is 0. The lowest BCUT2D eigenvalue weighted by Crippen LogP contribution is -2.25. The van der Waals surface area contributed by atoms with Crippen LogP contribution in [0.15, 0.2) is 5.51 Å². The second-order valence-electron chi connectivity index (χ2n) is 3.53. The molecule has 98 valence electrons. The van der Waals surface area contributed by atoms with Gasteiger partial charge in [-0.05, 0) is 13.3 Å². The summed E-state index contributed by atoms with van der Waals surface area (Å²) < 4.78 is 39.6. The molecule has 7 heteroatoms. The maximum absolute atomic E-state index is 11.7. The minimum atomic E-state index is -4.24. The molecule has 0 radical (unpaired) electrons. The van der Waals surface area contributed by atoms with Crippen LogP contribution in [0.4, 0.5) is 13.2 Å². The van der Waals surface area contributed by atoms with Crippen LogP contribution in [0.2, 0.25) is 0 Å². The molecule has 1 N–H and O–H groups in total. The SMILES string of the molecule is Cc1ncsc1CCNCCOCC(F)(F)F. The summed E-state index contributed by atoms with van der Waals surface area (Å²) in [6, 6.07) is 0. The fraction of sp³-hybridized carbons (Fsp3) is 0.700. The number of rotatable bonds is 7. The van der Waals surface area contributed by atoms with Crippen molar-refractivity contribution in [3.8, 4) is 0 Å². The standard InChI is InChI=1S/C10H15F3N2OS/c1-8-9(17-7-15-8)2-3-14-4-5-16-6-10(11,12)13/h7,14H,2-6H2,1H3. The molecule has 17 heavy (non-hydrogen) atoms. The number of alkyl halides is 3. The number of nitrogens with zero attached hydrogens (tertiary/aromatic N) is 1. The van der Waals surface area contributed by atoms with Crippen LogP contribution < -0.4 is 5.32 Å². The zero-order valence-corrected chi connectivity index (χ0v) is 10.3. The molecule has 0 aliphatic rings. The lowest BCUT2D eigenvalue weighted by molar-refractivity contribution is -0.173. The average molecular weight is 268 g/mol. The topological polar surface area (TPSA) is 34.2 Å². The van der Waals surface area contributed by atoms with Crippen LogP contribution in [0.3, 0.4) is 0 Å². The van der Waals surface area contributed by atoms with Crippen molar-refractivity contribution in [3.63, 3.8) is 0 Å². The molecule has 0 amide bonds. The average Bonchev–Trinajstić information content (AvgIpc) is 2.61. The highest BCUT2D eigenvalue weighted by atomic mass is 32.1. The van der Waals surface area contributed by atoms with Gasteiger partial charge in [0, 0.05) is 18.0 Å². The smallest absolute Gasteiger partial charge is 0.371 e. The largest absolute Gasteiger partial charge is 0.411 e. The molecule has 1 aromatic rings. The van der Waals surface area contributed by atoms with Crippen molar-refractivity contribution in [2.24, 2.45) is 0 Å². The van der Waals surface area contributed by atoms with Crippen LogP contribution in [0.5, 0.6) is 0 Å². The molecule has 0 aliphatic heterocycles. The molecule has 0 atom stereocenters. The first-order valence-electron chi connectivity index (χ1n) is 5.23. The van der Waals surface area contributed by atoms with Gasteiger partial charge in [-0.3, -0.25) is 0 Å². The Labute approximate surface area is 102 Å². The molecule has 0 unspecified atom stereocenters. The second kappa shape index (κ2) is 6.93. The highest BCUT2D eigenvalue weighted by molar-refractivity contribution is 7.09. The minimum absolute atomic E-state index is 0.0706. The van der Waals surface area contributed by atoms with Crippen LogP contribution in [-0.4, -0.2) is 37.5 Å².